The van der Waals surface area contributed by atoms with Gasteiger partial charge in [0.1, 0.15) is 0 Å². The fraction of sp³-hybridized carbons (Fsp3) is 0.889. The third-order valence-electron chi connectivity index (χ3n) is 6.56. The zero-order valence-corrected chi connectivity index (χ0v) is 14.3. The molecule has 0 spiro atoms. The molecule has 0 aromatic rings. The second-order valence-corrected chi connectivity index (χ2v) is 8.31. The molecule has 7 unspecified atom stereocenters. The molecule has 4 fully saturated rings. The number of aliphatic carboxylic acids is 1. The van der Waals surface area contributed by atoms with Gasteiger partial charge in [0, 0.05) is 5.92 Å². The van der Waals surface area contributed by atoms with Gasteiger partial charge in [0.15, 0.2) is 0 Å². The van der Waals surface area contributed by atoms with Gasteiger partial charge in [-0.1, -0.05) is 20.3 Å². The van der Waals surface area contributed by atoms with Crippen LogP contribution in [0.15, 0.2) is 0 Å². The fourth-order valence-corrected chi connectivity index (χ4v) is 5.36. The second kappa shape index (κ2) is 5.90. The SMILES string of the molecule is CC(C)C(OC(=O)N1CC1C(=O)[O-])OC1CC2CC1C1CCCC21. The maximum Gasteiger partial charge on any atom is 0.412 e. The molecule has 6 heteroatoms. The van der Waals surface area contributed by atoms with Crippen LogP contribution in [-0.4, -0.2) is 41.9 Å². The van der Waals surface area contributed by atoms with Crippen molar-refractivity contribution in [2.75, 3.05) is 6.54 Å². The van der Waals surface area contributed by atoms with Crippen molar-refractivity contribution in [1.82, 2.24) is 4.90 Å². The fourth-order valence-electron chi connectivity index (χ4n) is 5.36. The van der Waals surface area contributed by atoms with Gasteiger partial charge < -0.3 is 19.4 Å². The van der Waals surface area contributed by atoms with E-state index < -0.39 is 24.4 Å². The summed E-state index contributed by atoms with van der Waals surface area (Å²) in [6.07, 6.45) is 5.35. The number of carbonyl (C=O) groups is 2. The molecule has 134 valence electrons. The van der Waals surface area contributed by atoms with E-state index in [1.807, 2.05) is 13.8 Å². The number of fused-ring (bicyclic) bond motifs is 5. The van der Waals surface area contributed by atoms with E-state index >= 15 is 0 Å². The molecule has 0 N–H and O–H groups in total. The Morgan fingerprint density at radius 3 is 2.54 bits per heavy atom. The lowest BCUT2D eigenvalue weighted by Crippen LogP contribution is -2.39. The molecule has 3 saturated carbocycles. The molecule has 4 aliphatic rings. The van der Waals surface area contributed by atoms with E-state index in [-0.39, 0.29) is 18.6 Å². The molecule has 0 aromatic carbocycles. The maximum atomic E-state index is 12.1. The minimum atomic E-state index is -1.23. The normalized spacial score (nSPS) is 40.7. The first-order valence-corrected chi connectivity index (χ1v) is 9.29. The highest BCUT2D eigenvalue weighted by molar-refractivity contribution is 5.84. The molecule has 0 radical (unpaired) electrons. The first-order valence-electron chi connectivity index (χ1n) is 9.29. The third kappa shape index (κ3) is 2.68. The number of rotatable bonds is 5. The van der Waals surface area contributed by atoms with E-state index in [1.54, 1.807) is 0 Å². The van der Waals surface area contributed by atoms with E-state index in [2.05, 4.69) is 0 Å². The van der Waals surface area contributed by atoms with Crippen molar-refractivity contribution in [2.24, 2.45) is 29.6 Å². The largest absolute Gasteiger partial charge is 0.548 e. The Labute approximate surface area is 142 Å². The van der Waals surface area contributed by atoms with Gasteiger partial charge >= 0.3 is 6.09 Å². The summed E-state index contributed by atoms with van der Waals surface area (Å²) in [4.78, 5) is 24.0. The topological polar surface area (TPSA) is 78.7 Å². The lowest BCUT2D eigenvalue weighted by molar-refractivity contribution is -0.305. The van der Waals surface area contributed by atoms with Crippen molar-refractivity contribution in [1.29, 1.82) is 0 Å². The van der Waals surface area contributed by atoms with Crippen LogP contribution in [0.1, 0.15) is 46.0 Å². The van der Waals surface area contributed by atoms with Crippen LogP contribution in [0.4, 0.5) is 4.79 Å². The summed E-state index contributed by atoms with van der Waals surface area (Å²) < 4.78 is 11.7. The lowest BCUT2D eigenvalue weighted by atomic mass is 9.80. The van der Waals surface area contributed by atoms with Gasteiger partial charge in [-0.25, -0.2) is 4.79 Å². The van der Waals surface area contributed by atoms with Crippen molar-refractivity contribution in [2.45, 2.75) is 64.4 Å². The molecule has 24 heavy (non-hydrogen) atoms. The number of carbonyl (C=O) groups excluding carboxylic acids is 2. The Balaban J connectivity index is 1.35. The summed E-state index contributed by atoms with van der Waals surface area (Å²) in [5.74, 6) is 1.90. The summed E-state index contributed by atoms with van der Waals surface area (Å²) >= 11 is 0. The number of hydrogen-bond acceptors (Lipinski definition) is 5. The molecule has 7 atom stereocenters. The van der Waals surface area contributed by atoms with Crippen LogP contribution in [-0.2, 0) is 14.3 Å². The minimum Gasteiger partial charge on any atom is -0.548 e. The van der Waals surface area contributed by atoms with Crippen molar-refractivity contribution >= 4 is 12.1 Å². The zero-order valence-electron chi connectivity index (χ0n) is 14.3. The van der Waals surface area contributed by atoms with Crippen molar-refractivity contribution in [3.05, 3.63) is 0 Å². The molecule has 1 aliphatic heterocycles. The molecule has 6 nitrogen and oxygen atoms in total. The van der Waals surface area contributed by atoms with Gasteiger partial charge in [-0.05, 0) is 49.4 Å². The highest BCUT2D eigenvalue weighted by atomic mass is 16.7. The zero-order chi connectivity index (χ0) is 17.0. The quantitative estimate of drug-likeness (QED) is 0.560. The summed E-state index contributed by atoms with van der Waals surface area (Å²) in [5.41, 5.74) is 0. The highest BCUT2D eigenvalue weighted by Gasteiger charge is 2.55. The van der Waals surface area contributed by atoms with E-state index in [0.717, 1.165) is 24.2 Å². The summed E-state index contributed by atoms with van der Waals surface area (Å²) in [7, 11) is 0. The van der Waals surface area contributed by atoms with Gasteiger partial charge in [0.05, 0.1) is 24.7 Å². The smallest absolute Gasteiger partial charge is 0.412 e. The molecule has 1 heterocycles. The Kier molecular flexibility index (Phi) is 3.98. The Morgan fingerprint density at radius 1 is 1.12 bits per heavy atom. The summed E-state index contributed by atoms with van der Waals surface area (Å²) in [6, 6.07) is -0.841. The third-order valence-corrected chi connectivity index (χ3v) is 6.56. The molecular weight excluding hydrogens is 310 g/mol. The molecular formula is C18H26NO5-. The number of nitrogens with zero attached hydrogens (tertiary/aromatic N) is 1. The number of carboxylic acids is 1. The predicted octanol–water partition coefficient (Wildman–Crippen LogP) is 1.38. The van der Waals surface area contributed by atoms with E-state index in [0.29, 0.717) is 5.92 Å². The monoisotopic (exact) mass is 336 g/mol. The highest BCUT2D eigenvalue weighted by Crippen LogP contribution is 2.59. The van der Waals surface area contributed by atoms with E-state index in [4.69, 9.17) is 9.47 Å². The van der Waals surface area contributed by atoms with Crippen molar-refractivity contribution in [3.8, 4) is 0 Å². The van der Waals surface area contributed by atoms with Gasteiger partial charge in [-0.2, -0.15) is 0 Å². The second-order valence-electron chi connectivity index (χ2n) is 8.31. The predicted molar refractivity (Wildman–Crippen MR) is 82.5 cm³/mol. The number of amides is 1. The van der Waals surface area contributed by atoms with Crippen molar-refractivity contribution < 1.29 is 24.2 Å². The van der Waals surface area contributed by atoms with Crippen LogP contribution in [0, 0.1) is 29.6 Å². The van der Waals surface area contributed by atoms with Crippen LogP contribution in [0.2, 0.25) is 0 Å². The Hall–Kier alpha value is -1.30. The molecule has 1 amide bonds. The maximum absolute atomic E-state index is 12.1. The number of carboxylic acid groups (broad SMARTS) is 1. The van der Waals surface area contributed by atoms with E-state index in [1.165, 1.54) is 30.6 Å². The standard InChI is InChI=1S/C18H27NO5/c1-9(2)17(24-18(22)19-8-14(19)16(20)21)23-15-7-10-6-13(15)12-5-3-4-11(10)12/h9-15,17H,3-8H2,1-2H3,(H,20,21)/p-1. The van der Waals surface area contributed by atoms with Crippen LogP contribution < -0.4 is 5.11 Å². The van der Waals surface area contributed by atoms with Gasteiger partial charge in [-0.15, -0.1) is 0 Å². The average molecular weight is 336 g/mol. The Morgan fingerprint density at radius 2 is 1.88 bits per heavy atom. The summed E-state index contributed by atoms with van der Waals surface area (Å²) in [6.45, 7) is 4.09. The van der Waals surface area contributed by atoms with Gasteiger partial charge in [0.2, 0.25) is 6.29 Å². The Bertz CT molecular complexity index is 536. The van der Waals surface area contributed by atoms with Crippen LogP contribution in [0.5, 0.6) is 0 Å². The average Bonchev–Trinajstić information content (AvgIpc) is 2.87. The van der Waals surface area contributed by atoms with Gasteiger partial charge in [-0.3, -0.25) is 4.90 Å². The first-order chi connectivity index (χ1) is 11.5. The van der Waals surface area contributed by atoms with E-state index in [9.17, 15) is 14.7 Å². The number of ether oxygens (including phenoxy) is 2. The molecule has 4 rings (SSSR count). The number of hydrogen-bond donors (Lipinski definition) is 0. The molecule has 3 aliphatic carbocycles. The summed E-state index contributed by atoms with van der Waals surface area (Å²) in [5, 5.41) is 10.8. The first kappa shape index (κ1) is 16.2. The van der Waals surface area contributed by atoms with Gasteiger partial charge in [0.25, 0.3) is 0 Å². The van der Waals surface area contributed by atoms with Crippen molar-refractivity contribution in [3.63, 3.8) is 0 Å². The minimum absolute atomic E-state index is 0.0359. The van der Waals surface area contributed by atoms with Crippen LogP contribution in [0.25, 0.3) is 0 Å². The lowest BCUT2D eigenvalue weighted by Gasteiger charge is -2.34. The van der Waals surface area contributed by atoms with Crippen LogP contribution >= 0.6 is 0 Å². The molecule has 1 saturated heterocycles. The van der Waals surface area contributed by atoms with Crippen LogP contribution in [0.3, 0.4) is 0 Å². The molecule has 0 aromatic heterocycles. The molecule has 2 bridgehead atoms.